The molecule has 0 saturated heterocycles. The summed E-state index contributed by atoms with van der Waals surface area (Å²) in [6, 6.07) is 2.70. The van der Waals surface area contributed by atoms with E-state index < -0.39 is 48.4 Å². The highest BCUT2D eigenvalue weighted by atomic mass is 19.1. The van der Waals surface area contributed by atoms with Gasteiger partial charge in [0.25, 0.3) is 0 Å². The van der Waals surface area contributed by atoms with Crippen LogP contribution in [0.3, 0.4) is 0 Å². The predicted octanol–water partition coefficient (Wildman–Crippen LogP) is 2.43. The normalized spacial score (nSPS) is 28.3. The number of alkyl carbamates (subject to hydrolysis) is 1. The third-order valence-corrected chi connectivity index (χ3v) is 7.47. The lowest BCUT2D eigenvalue weighted by molar-refractivity contribution is -0.151. The molecule has 4 heterocycles. The quantitative estimate of drug-likeness (QED) is 0.333. The van der Waals surface area contributed by atoms with Crippen LogP contribution in [0.2, 0.25) is 0 Å². The molecule has 0 aromatic carbocycles. The minimum atomic E-state index is -2.82. The van der Waals surface area contributed by atoms with Crippen LogP contribution in [-0.4, -0.2) is 65.2 Å². The fraction of sp³-hybridized carbons (Fsp3) is 0.440. The number of aryl methyl sites for hydroxylation is 1. The van der Waals surface area contributed by atoms with Crippen LogP contribution in [0.5, 0.6) is 0 Å². The van der Waals surface area contributed by atoms with E-state index in [1.54, 1.807) is 12.1 Å². The average molecular weight is 543 g/mol. The van der Waals surface area contributed by atoms with Crippen LogP contribution in [0, 0.1) is 0 Å². The molecule has 4 aromatic heterocycles. The zero-order valence-electron chi connectivity index (χ0n) is 24.7. The first kappa shape index (κ1) is 20.5. The topological polar surface area (TPSA) is 158 Å². The molecule has 4 aromatic rings. The van der Waals surface area contributed by atoms with E-state index in [-0.39, 0.29) is 54.2 Å². The number of aliphatic carboxylic acids is 1. The number of halogens is 1. The SMILES string of the molecule is [2H]C([2H])([2H])n1c(=O)n([C@@H]2CC[C@@]([2H])(NC(=O)OC)C2)c2cc(Nc3ccc4cnc(C5(C(=O)O)CC(F)C5)n4n3)ncc21. The molecule has 0 unspecified atom stereocenters. The van der Waals surface area contributed by atoms with Gasteiger partial charge >= 0.3 is 17.8 Å². The second-order valence-electron chi connectivity index (χ2n) is 9.82. The van der Waals surface area contributed by atoms with Crippen molar-refractivity contribution >= 4 is 40.2 Å². The number of amides is 1. The molecule has 2 aliphatic carbocycles. The van der Waals surface area contributed by atoms with Gasteiger partial charge in [0.15, 0.2) is 5.82 Å². The van der Waals surface area contributed by atoms with E-state index in [1.165, 1.54) is 34.7 Å². The van der Waals surface area contributed by atoms with E-state index >= 15 is 0 Å². The van der Waals surface area contributed by atoms with Gasteiger partial charge in [-0.3, -0.25) is 13.9 Å². The fourth-order valence-corrected chi connectivity index (χ4v) is 5.45. The van der Waals surface area contributed by atoms with Crippen LogP contribution < -0.4 is 16.3 Å². The Morgan fingerprint density at radius 2 is 2.05 bits per heavy atom. The van der Waals surface area contributed by atoms with Gasteiger partial charge in [-0.15, -0.1) is 5.10 Å². The number of hydrogen-bond acceptors (Lipinski definition) is 8. The maximum Gasteiger partial charge on any atom is 0.407 e. The summed E-state index contributed by atoms with van der Waals surface area (Å²) in [6.07, 6.45) is 0.765. The summed E-state index contributed by atoms with van der Waals surface area (Å²) in [6.45, 7) is -2.82. The van der Waals surface area contributed by atoms with Gasteiger partial charge in [-0.05, 0) is 31.4 Å². The first-order valence-electron chi connectivity index (χ1n) is 14.2. The summed E-state index contributed by atoms with van der Waals surface area (Å²) in [4.78, 5) is 45.8. The second-order valence-corrected chi connectivity index (χ2v) is 9.82. The van der Waals surface area contributed by atoms with Crippen LogP contribution >= 0.6 is 0 Å². The molecule has 204 valence electrons. The first-order chi connectivity index (χ1) is 20.2. The number of carboxylic acids is 1. The molecule has 2 atom stereocenters. The summed E-state index contributed by atoms with van der Waals surface area (Å²) < 4.78 is 54.2. The third kappa shape index (κ3) is 3.97. The molecule has 13 nitrogen and oxygen atoms in total. The molecule has 0 bridgehead atoms. The number of carbonyl (C=O) groups excluding carboxylic acids is 1. The van der Waals surface area contributed by atoms with Crippen LogP contribution in [0.25, 0.3) is 16.6 Å². The third-order valence-electron chi connectivity index (χ3n) is 7.47. The van der Waals surface area contributed by atoms with Gasteiger partial charge in [0.1, 0.15) is 23.2 Å². The summed E-state index contributed by atoms with van der Waals surface area (Å²) in [5.41, 5.74) is -1.53. The largest absolute Gasteiger partial charge is 0.480 e. The maximum atomic E-state index is 13.8. The smallest absolute Gasteiger partial charge is 0.407 e. The van der Waals surface area contributed by atoms with E-state index in [9.17, 15) is 23.9 Å². The van der Waals surface area contributed by atoms with Gasteiger partial charge in [0, 0.05) is 42.1 Å². The van der Waals surface area contributed by atoms with Crippen molar-refractivity contribution in [3.05, 3.63) is 46.9 Å². The van der Waals surface area contributed by atoms with Gasteiger partial charge in [0.2, 0.25) is 0 Å². The number of carbonyl (C=O) groups is 2. The summed E-state index contributed by atoms with van der Waals surface area (Å²) in [5, 5.41) is 19.8. The lowest BCUT2D eigenvalue weighted by Crippen LogP contribution is -2.50. The van der Waals surface area contributed by atoms with Gasteiger partial charge in [-0.25, -0.2) is 28.5 Å². The number of rotatable bonds is 6. The molecule has 3 N–H and O–H groups in total. The summed E-state index contributed by atoms with van der Waals surface area (Å²) >= 11 is 0. The number of anilines is 2. The summed E-state index contributed by atoms with van der Waals surface area (Å²) in [7, 11) is 1.18. The first-order valence-corrected chi connectivity index (χ1v) is 12.2. The highest BCUT2D eigenvalue weighted by Gasteiger charge is 2.55. The number of ether oxygens (including phenoxy) is 1. The van der Waals surface area contributed by atoms with E-state index in [2.05, 4.69) is 30.4 Å². The van der Waals surface area contributed by atoms with Crippen molar-refractivity contribution in [3.63, 3.8) is 0 Å². The van der Waals surface area contributed by atoms with E-state index in [0.29, 0.717) is 16.5 Å². The average Bonchev–Trinajstić information content (AvgIpc) is 3.58. The molecule has 2 aliphatic rings. The Labute approximate surface area is 226 Å². The number of methoxy groups -OCH3 is 1. The van der Waals surface area contributed by atoms with Crippen LogP contribution in [0.1, 0.15) is 49.5 Å². The molecular formula is C25H27FN8O5. The number of nitrogens with one attached hydrogen (secondary N) is 2. The van der Waals surface area contributed by atoms with Crippen LogP contribution in [-0.2, 0) is 21.9 Å². The number of nitrogens with zero attached hydrogens (tertiary/aromatic N) is 6. The lowest BCUT2D eigenvalue weighted by Gasteiger charge is -2.38. The Bertz CT molecular complexity index is 1830. The highest BCUT2D eigenvalue weighted by Crippen LogP contribution is 2.45. The monoisotopic (exact) mass is 542 g/mol. The highest BCUT2D eigenvalue weighted by molar-refractivity contribution is 5.82. The zero-order chi connectivity index (χ0) is 30.9. The number of imidazole rings is 2. The van der Waals surface area contributed by atoms with Crippen molar-refractivity contribution in [2.24, 2.45) is 6.98 Å². The van der Waals surface area contributed by atoms with E-state index in [4.69, 9.17) is 5.48 Å². The Hall–Kier alpha value is -4.49. The maximum absolute atomic E-state index is 13.8. The van der Waals surface area contributed by atoms with Crippen molar-refractivity contribution in [3.8, 4) is 0 Å². The minimum Gasteiger partial charge on any atom is -0.480 e. The Morgan fingerprint density at radius 3 is 2.77 bits per heavy atom. The number of fused-ring (bicyclic) bond motifs is 2. The van der Waals surface area contributed by atoms with Crippen LogP contribution in [0.4, 0.5) is 20.8 Å². The molecular weight excluding hydrogens is 511 g/mol. The molecule has 6 rings (SSSR count). The molecule has 0 spiro atoms. The number of pyridine rings is 1. The van der Waals surface area contributed by atoms with Gasteiger partial charge in [0.05, 0.1) is 37.4 Å². The fourth-order valence-electron chi connectivity index (χ4n) is 5.45. The number of alkyl halides is 1. The Balaban J connectivity index is 1.38. The van der Waals surface area contributed by atoms with Crippen LogP contribution in [0.15, 0.2) is 35.4 Å². The van der Waals surface area contributed by atoms with Crippen molar-refractivity contribution in [2.75, 3.05) is 12.4 Å². The predicted molar refractivity (Wildman–Crippen MR) is 137 cm³/mol. The van der Waals surface area contributed by atoms with Crippen molar-refractivity contribution in [2.45, 2.75) is 55.8 Å². The lowest BCUT2D eigenvalue weighted by atomic mass is 9.67. The molecule has 39 heavy (non-hydrogen) atoms. The molecule has 2 saturated carbocycles. The van der Waals surface area contributed by atoms with Crippen molar-refractivity contribution < 1.29 is 29.3 Å². The Morgan fingerprint density at radius 1 is 1.23 bits per heavy atom. The molecule has 1 amide bonds. The van der Waals surface area contributed by atoms with Crippen molar-refractivity contribution in [1.29, 1.82) is 0 Å². The Kier molecular flexibility index (Phi) is 4.76. The molecule has 0 radical (unpaired) electrons. The zero-order valence-corrected chi connectivity index (χ0v) is 20.7. The molecule has 0 aliphatic heterocycles. The van der Waals surface area contributed by atoms with Gasteiger partial charge < -0.3 is 20.5 Å². The minimum absolute atomic E-state index is 0.0277. The van der Waals surface area contributed by atoms with E-state index in [1.807, 2.05) is 0 Å². The standard InChI is InChI=1S/C25H27FN8O5/c1-32-18-12-27-20(8-17(18)33(24(32)38)15-4-3-14(7-15)29-23(37)39-2)30-19-6-5-16-11-28-21(34(16)31-19)25(22(35)36)9-13(26)10-25/h5-6,8,11-15H,3-4,7,9-10H2,1-2H3,(H,29,37)(H,35,36)(H,27,30,31)/t13?,14-,15-,25?/m1/s1/i1D3,14D. The van der Waals surface area contributed by atoms with Gasteiger partial charge in [-0.1, -0.05) is 0 Å². The molecule has 14 heteroatoms. The van der Waals surface area contributed by atoms with Gasteiger partial charge in [-0.2, -0.15) is 0 Å². The van der Waals surface area contributed by atoms with Crippen molar-refractivity contribution in [1.82, 2.24) is 34.0 Å². The van der Waals surface area contributed by atoms with E-state index in [0.717, 1.165) is 0 Å². The molecule has 2 fully saturated rings. The second kappa shape index (κ2) is 9.06. The summed E-state index contributed by atoms with van der Waals surface area (Å²) in [5.74, 6) is -0.669. The number of aromatic nitrogens is 6. The number of hydrogen-bond donors (Lipinski definition) is 3. The number of carboxylic acid groups (broad SMARTS) is 1.